The first-order valence-electron chi connectivity index (χ1n) is 7.58. The summed E-state index contributed by atoms with van der Waals surface area (Å²) >= 11 is 0. The first-order valence-corrected chi connectivity index (χ1v) is 10.5. The SMILES string of the molecule is COCO[C@H]1CC[C@@H](CO[Si](C)(C)C(C)(C)C)[C@H]1CO. The number of ether oxygens (including phenoxy) is 2. The van der Waals surface area contributed by atoms with Crippen molar-refractivity contribution in [1.82, 2.24) is 0 Å². The predicted molar refractivity (Wildman–Crippen MR) is 83.2 cm³/mol. The monoisotopic (exact) mass is 304 g/mol. The normalized spacial score (nSPS) is 28.1. The van der Waals surface area contributed by atoms with Gasteiger partial charge in [-0.05, 0) is 36.9 Å². The van der Waals surface area contributed by atoms with E-state index in [1.807, 2.05) is 0 Å². The van der Waals surface area contributed by atoms with Gasteiger partial charge in [-0.2, -0.15) is 0 Å². The smallest absolute Gasteiger partial charge is 0.191 e. The van der Waals surface area contributed by atoms with Crippen LogP contribution in [-0.4, -0.2) is 46.6 Å². The summed E-state index contributed by atoms with van der Waals surface area (Å²) in [7, 11) is -0.0834. The van der Waals surface area contributed by atoms with Gasteiger partial charge in [0.2, 0.25) is 0 Å². The lowest BCUT2D eigenvalue weighted by atomic mass is 9.97. The quantitative estimate of drug-likeness (QED) is 0.580. The lowest BCUT2D eigenvalue weighted by Crippen LogP contribution is -2.42. The minimum atomic E-state index is -1.71. The van der Waals surface area contributed by atoms with Crippen molar-refractivity contribution in [3.8, 4) is 0 Å². The highest BCUT2D eigenvalue weighted by molar-refractivity contribution is 6.74. The van der Waals surface area contributed by atoms with Crippen molar-refractivity contribution in [2.24, 2.45) is 11.8 Å². The van der Waals surface area contributed by atoms with Crippen molar-refractivity contribution in [1.29, 1.82) is 0 Å². The molecule has 0 bridgehead atoms. The Morgan fingerprint density at radius 2 is 1.85 bits per heavy atom. The molecule has 1 rings (SSSR count). The molecule has 5 heteroatoms. The van der Waals surface area contributed by atoms with Crippen LogP contribution in [-0.2, 0) is 13.9 Å². The molecule has 1 aliphatic carbocycles. The number of aliphatic hydroxyl groups excluding tert-OH is 1. The maximum Gasteiger partial charge on any atom is 0.191 e. The van der Waals surface area contributed by atoms with Gasteiger partial charge in [0.1, 0.15) is 6.79 Å². The number of hydrogen-bond donors (Lipinski definition) is 1. The van der Waals surface area contributed by atoms with Crippen molar-refractivity contribution in [3.63, 3.8) is 0 Å². The molecule has 1 aliphatic rings. The second-order valence-electron chi connectivity index (χ2n) is 7.37. The Kier molecular flexibility index (Phi) is 6.66. The number of aliphatic hydroxyl groups is 1. The van der Waals surface area contributed by atoms with Gasteiger partial charge in [-0.3, -0.25) is 0 Å². The molecule has 0 spiro atoms. The summed E-state index contributed by atoms with van der Waals surface area (Å²) in [5, 5.41) is 9.86. The van der Waals surface area contributed by atoms with Gasteiger partial charge < -0.3 is 19.0 Å². The fourth-order valence-electron chi connectivity index (χ4n) is 2.48. The third-order valence-corrected chi connectivity index (χ3v) is 9.48. The molecule has 0 aromatic heterocycles. The molecule has 1 fully saturated rings. The molecule has 3 atom stereocenters. The third-order valence-electron chi connectivity index (χ3n) is 4.98. The number of rotatable bonds is 7. The summed E-state index contributed by atoms with van der Waals surface area (Å²) in [4.78, 5) is 0. The molecule has 0 unspecified atom stereocenters. The van der Waals surface area contributed by atoms with Crippen molar-refractivity contribution >= 4 is 8.32 Å². The molecule has 0 aromatic carbocycles. The van der Waals surface area contributed by atoms with Crippen LogP contribution in [0, 0.1) is 11.8 Å². The van der Waals surface area contributed by atoms with Crippen molar-refractivity contribution in [3.05, 3.63) is 0 Å². The first kappa shape index (κ1) is 18.1. The Hall–Kier alpha value is 0.0569. The van der Waals surface area contributed by atoms with Crippen LogP contribution in [0.4, 0.5) is 0 Å². The second kappa shape index (κ2) is 7.36. The summed E-state index contributed by atoms with van der Waals surface area (Å²) in [6.45, 7) is 12.5. The van der Waals surface area contributed by atoms with Gasteiger partial charge >= 0.3 is 0 Å². The maximum absolute atomic E-state index is 9.63. The summed E-state index contributed by atoms with van der Waals surface area (Å²) in [6, 6.07) is 0. The Bertz CT molecular complexity index is 288. The highest BCUT2D eigenvalue weighted by Gasteiger charge is 2.41. The maximum atomic E-state index is 9.63. The largest absolute Gasteiger partial charge is 0.417 e. The van der Waals surface area contributed by atoms with E-state index in [0.29, 0.717) is 12.7 Å². The first-order chi connectivity index (χ1) is 9.23. The molecular formula is C15H32O4Si. The van der Waals surface area contributed by atoms with Crippen LogP contribution in [0.25, 0.3) is 0 Å². The average Bonchev–Trinajstić information content (AvgIpc) is 2.74. The molecule has 20 heavy (non-hydrogen) atoms. The zero-order valence-electron chi connectivity index (χ0n) is 13.9. The van der Waals surface area contributed by atoms with Gasteiger partial charge in [-0.1, -0.05) is 20.8 Å². The fraction of sp³-hybridized carbons (Fsp3) is 1.00. The summed E-state index contributed by atoms with van der Waals surface area (Å²) in [5.74, 6) is 0.575. The fourth-order valence-corrected chi connectivity index (χ4v) is 3.54. The standard InChI is InChI=1S/C15H32O4Si/c1-15(2,3)20(5,6)19-10-12-7-8-14(13(12)9-16)18-11-17-4/h12-14,16H,7-11H2,1-6H3/t12-,13+,14-/m0/s1. The molecule has 1 saturated carbocycles. The minimum Gasteiger partial charge on any atom is -0.417 e. The molecule has 4 nitrogen and oxygen atoms in total. The average molecular weight is 305 g/mol. The van der Waals surface area contributed by atoms with Gasteiger partial charge in [-0.15, -0.1) is 0 Å². The molecule has 0 radical (unpaired) electrons. The van der Waals surface area contributed by atoms with E-state index in [9.17, 15) is 5.11 Å². The molecule has 1 N–H and O–H groups in total. The van der Waals surface area contributed by atoms with E-state index in [1.54, 1.807) is 7.11 Å². The van der Waals surface area contributed by atoms with Crippen LogP contribution in [0.15, 0.2) is 0 Å². The van der Waals surface area contributed by atoms with E-state index >= 15 is 0 Å². The highest BCUT2D eigenvalue weighted by Crippen LogP contribution is 2.39. The molecule has 0 heterocycles. The lowest BCUT2D eigenvalue weighted by Gasteiger charge is -2.37. The van der Waals surface area contributed by atoms with Crippen LogP contribution in [0.3, 0.4) is 0 Å². The van der Waals surface area contributed by atoms with E-state index in [0.717, 1.165) is 19.4 Å². The Morgan fingerprint density at radius 1 is 1.20 bits per heavy atom. The van der Waals surface area contributed by atoms with Gasteiger partial charge in [0.15, 0.2) is 8.32 Å². The molecule has 0 aliphatic heterocycles. The van der Waals surface area contributed by atoms with Crippen LogP contribution in [0.2, 0.25) is 18.1 Å². The van der Waals surface area contributed by atoms with Crippen molar-refractivity contribution in [2.75, 3.05) is 27.1 Å². The molecular weight excluding hydrogens is 272 g/mol. The van der Waals surface area contributed by atoms with Crippen LogP contribution in [0.1, 0.15) is 33.6 Å². The Labute approximate surface area is 124 Å². The van der Waals surface area contributed by atoms with E-state index in [2.05, 4.69) is 33.9 Å². The minimum absolute atomic E-state index is 0.105. The zero-order valence-corrected chi connectivity index (χ0v) is 14.9. The van der Waals surface area contributed by atoms with Crippen LogP contribution in [0.5, 0.6) is 0 Å². The topological polar surface area (TPSA) is 47.9 Å². The van der Waals surface area contributed by atoms with Crippen LogP contribution >= 0.6 is 0 Å². The lowest BCUT2D eigenvalue weighted by molar-refractivity contribution is -0.0940. The summed E-state index contributed by atoms with van der Waals surface area (Å²) in [5.41, 5.74) is 0. The predicted octanol–water partition coefficient (Wildman–Crippen LogP) is 3.02. The molecule has 0 saturated heterocycles. The van der Waals surface area contributed by atoms with Gasteiger partial charge in [0.05, 0.1) is 6.10 Å². The van der Waals surface area contributed by atoms with Gasteiger partial charge in [0.25, 0.3) is 0 Å². The summed E-state index contributed by atoms with van der Waals surface area (Å²) in [6.07, 6.45) is 2.15. The van der Waals surface area contributed by atoms with Crippen molar-refractivity contribution in [2.45, 2.75) is 57.8 Å². The van der Waals surface area contributed by atoms with E-state index in [4.69, 9.17) is 13.9 Å². The molecule has 0 aromatic rings. The van der Waals surface area contributed by atoms with Gasteiger partial charge in [-0.25, -0.2) is 0 Å². The second-order valence-corrected chi connectivity index (χ2v) is 12.2. The zero-order chi connectivity index (χ0) is 15.4. The van der Waals surface area contributed by atoms with E-state index < -0.39 is 8.32 Å². The number of methoxy groups -OCH3 is 1. The molecule has 120 valence electrons. The Morgan fingerprint density at radius 3 is 2.35 bits per heavy atom. The third kappa shape index (κ3) is 4.53. The van der Waals surface area contributed by atoms with E-state index in [1.165, 1.54) is 0 Å². The number of hydrogen-bond acceptors (Lipinski definition) is 4. The van der Waals surface area contributed by atoms with E-state index in [-0.39, 0.29) is 23.7 Å². The van der Waals surface area contributed by atoms with Gasteiger partial charge in [0, 0.05) is 26.2 Å². The van der Waals surface area contributed by atoms with Crippen LogP contribution < -0.4 is 0 Å². The Balaban J connectivity index is 2.52. The summed E-state index contributed by atoms with van der Waals surface area (Å²) < 4.78 is 16.9. The van der Waals surface area contributed by atoms with Crippen molar-refractivity contribution < 1.29 is 19.0 Å². The highest BCUT2D eigenvalue weighted by atomic mass is 28.4. The molecule has 0 amide bonds.